The summed E-state index contributed by atoms with van der Waals surface area (Å²) < 4.78 is -1.19. The number of hydrogen-bond donors (Lipinski definition) is 1. The van der Waals surface area contributed by atoms with E-state index in [1.807, 2.05) is 0 Å². The summed E-state index contributed by atoms with van der Waals surface area (Å²) in [5.74, 6) is 0. The van der Waals surface area contributed by atoms with Gasteiger partial charge in [0.15, 0.2) is 5.29 Å². The van der Waals surface area contributed by atoms with E-state index in [0.29, 0.717) is 0 Å². The monoisotopic (exact) mass is 184 g/mol. The van der Waals surface area contributed by atoms with Crippen molar-refractivity contribution in [3.8, 4) is 0 Å². The van der Waals surface area contributed by atoms with Gasteiger partial charge in [-0.2, -0.15) is 0 Å². The van der Waals surface area contributed by atoms with Gasteiger partial charge in [0.25, 0.3) is 0 Å². The average molecular weight is 185 g/mol. The van der Waals surface area contributed by atoms with Crippen LogP contribution in [0.4, 0.5) is 0 Å². The maximum absolute atomic E-state index is 5.53. The number of aliphatic imine (C=N–C) groups is 1. The maximum atomic E-state index is 5.53. The molecule has 0 aromatic rings. The fourth-order valence-electron chi connectivity index (χ4n) is 0.411. The minimum atomic E-state index is -1.19. The van der Waals surface area contributed by atoms with Crippen LogP contribution in [0.1, 0.15) is 0 Å². The van der Waals surface area contributed by atoms with E-state index < -0.39 is 4.46 Å². The van der Waals surface area contributed by atoms with E-state index >= 15 is 0 Å². The van der Waals surface area contributed by atoms with Crippen LogP contribution in [0.3, 0.4) is 0 Å². The number of amidine groups is 1. The molecule has 1 heterocycles. The molecule has 0 spiro atoms. The first-order valence-corrected chi connectivity index (χ1v) is 3.31. The molecule has 1 aliphatic rings. The fourth-order valence-corrected chi connectivity index (χ4v) is 0.989. The van der Waals surface area contributed by atoms with Gasteiger partial charge in [0.2, 0.25) is 4.46 Å². The minimum absolute atomic E-state index is 0.197. The highest BCUT2D eigenvalue weighted by Crippen LogP contribution is 2.26. The number of nitrogens with one attached hydrogen (secondary N) is 1. The van der Waals surface area contributed by atoms with Gasteiger partial charge in [-0.05, 0) is 17.7 Å². The molecule has 5 heteroatoms. The lowest BCUT2D eigenvalue weighted by atomic mass is 10.5. The Kier molecular flexibility index (Phi) is 1.89. The zero-order chi connectivity index (χ0) is 6.91. The Morgan fingerprint density at radius 1 is 1.56 bits per heavy atom. The first-order valence-electron chi connectivity index (χ1n) is 2.17. The van der Waals surface area contributed by atoms with Crippen molar-refractivity contribution in [1.29, 1.82) is 0 Å². The van der Waals surface area contributed by atoms with Crippen LogP contribution in [0.15, 0.2) is 17.3 Å². The maximum Gasteiger partial charge on any atom is 0.231 e. The molecular formula is C4H3Cl3N2. The summed E-state index contributed by atoms with van der Waals surface area (Å²) in [7, 11) is 0. The highest BCUT2D eigenvalue weighted by atomic mass is 35.5. The zero-order valence-corrected chi connectivity index (χ0v) is 6.50. The van der Waals surface area contributed by atoms with E-state index in [4.69, 9.17) is 34.8 Å². The van der Waals surface area contributed by atoms with Gasteiger partial charge in [0.1, 0.15) is 0 Å². The highest BCUT2D eigenvalue weighted by Gasteiger charge is 2.21. The van der Waals surface area contributed by atoms with Gasteiger partial charge in [-0.25, -0.2) is 4.99 Å². The summed E-state index contributed by atoms with van der Waals surface area (Å²) in [5.41, 5.74) is 0. The van der Waals surface area contributed by atoms with Crippen molar-refractivity contribution < 1.29 is 0 Å². The third-order valence-corrected chi connectivity index (χ3v) is 1.35. The third-order valence-electron chi connectivity index (χ3n) is 0.734. The molecule has 0 bridgehead atoms. The number of halogens is 3. The molecule has 1 rings (SSSR count). The van der Waals surface area contributed by atoms with Gasteiger partial charge in [-0.1, -0.05) is 23.2 Å². The summed E-state index contributed by atoms with van der Waals surface area (Å²) >= 11 is 16.5. The quantitative estimate of drug-likeness (QED) is 0.452. The molecule has 1 N–H and O–H groups in total. The minimum Gasteiger partial charge on any atom is -0.337 e. The van der Waals surface area contributed by atoms with Crippen LogP contribution in [0.25, 0.3) is 0 Å². The Morgan fingerprint density at radius 3 is 2.56 bits per heavy atom. The molecule has 1 aliphatic heterocycles. The average Bonchev–Trinajstić information content (AvgIpc) is 1.60. The van der Waals surface area contributed by atoms with Crippen molar-refractivity contribution in [2.75, 3.05) is 0 Å². The van der Waals surface area contributed by atoms with Crippen LogP contribution in [0.2, 0.25) is 0 Å². The third kappa shape index (κ3) is 2.05. The summed E-state index contributed by atoms with van der Waals surface area (Å²) in [4.78, 5) is 3.63. The van der Waals surface area contributed by atoms with Gasteiger partial charge in [-0.3, -0.25) is 0 Å². The smallest absolute Gasteiger partial charge is 0.231 e. The van der Waals surface area contributed by atoms with Crippen molar-refractivity contribution in [2.45, 2.75) is 4.46 Å². The van der Waals surface area contributed by atoms with Gasteiger partial charge in [0, 0.05) is 6.20 Å². The Labute approximate surface area is 67.5 Å². The van der Waals surface area contributed by atoms with Crippen molar-refractivity contribution in [1.82, 2.24) is 5.32 Å². The van der Waals surface area contributed by atoms with E-state index in [1.165, 1.54) is 12.3 Å². The van der Waals surface area contributed by atoms with E-state index in [0.717, 1.165) is 0 Å². The van der Waals surface area contributed by atoms with Crippen LogP contribution in [-0.4, -0.2) is 9.75 Å². The molecule has 0 radical (unpaired) electrons. The van der Waals surface area contributed by atoms with Crippen LogP contribution < -0.4 is 5.32 Å². The van der Waals surface area contributed by atoms with Crippen molar-refractivity contribution in [2.24, 2.45) is 4.99 Å². The van der Waals surface area contributed by atoms with Crippen LogP contribution in [0.5, 0.6) is 0 Å². The van der Waals surface area contributed by atoms with Gasteiger partial charge >= 0.3 is 0 Å². The van der Waals surface area contributed by atoms with Gasteiger partial charge < -0.3 is 5.32 Å². The van der Waals surface area contributed by atoms with E-state index in [2.05, 4.69) is 10.3 Å². The largest absolute Gasteiger partial charge is 0.337 e. The molecule has 0 aromatic heterocycles. The Hall–Kier alpha value is 0.0800. The van der Waals surface area contributed by atoms with E-state index in [-0.39, 0.29) is 5.29 Å². The predicted octanol–water partition coefficient (Wildman–Crippen LogP) is 1.83. The second kappa shape index (κ2) is 2.37. The summed E-state index contributed by atoms with van der Waals surface area (Å²) in [6.07, 6.45) is 3.03. The molecule has 0 saturated carbocycles. The normalized spacial score (nSPS) is 22.8. The van der Waals surface area contributed by atoms with Crippen LogP contribution in [0, 0.1) is 0 Å². The molecule has 0 atom stereocenters. The molecule has 0 unspecified atom stereocenters. The first-order chi connectivity index (χ1) is 4.10. The first kappa shape index (κ1) is 7.19. The molecule has 0 aliphatic carbocycles. The van der Waals surface area contributed by atoms with Crippen molar-refractivity contribution in [3.05, 3.63) is 12.3 Å². The SMILES string of the molecule is ClC1=NC(Cl)(Cl)C=CN1. The Balaban J connectivity index is 2.78. The number of hydrogen-bond acceptors (Lipinski definition) is 2. The summed E-state index contributed by atoms with van der Waals surface area (Å²) in [6, 6.07) is 0. The predicted molar refractivity (Wildman–Crippen MR) is 40.0 cm³/mol. The topological polar surface area (TPSA) is 24.4 Å². The number of alkyl halides is 2. The van der Waals surface area contributed by atoms with Crippen LogP contribution >= 0.6 is 34.8 Å². The lowest BCUT2D eigenvalue weighted by Gasteiger charge is -2.13. The molecule has 2 nitrogen and oxygen atoms in total. The van der Waals surface area contributed by atoms with Crippen LogP contribution in [-0.2, 0) is 0 Å². The summed E-state index contributed by atoms with van der Waals surface area (Å²) in [6.45, 7) is 0. The lowest BCUT2D eigenvalue weighted by Crippen LogP contribution is -2.22. The van der Waals surface area contributed by atoms with E-state index in [1.54, 1.807) is 0 Å². The fraction of sp³-hybridized carbons (Fsp3) is 0.250. The molecule has 0 amide bonds. The lowest BCUT2D eigenvalue weighted by molar-refractivity contribution is 0.986. The van der Waals surface area contributed by atoms with Gasteiger partial charge in [0.05, 0.1) is 0 Å². The van der Waals surface area contributed by atoms with E-state index in [9.17, 15) is 0 Å². The van der Waals surface area contributed by atoms with Crippen molar-refractivity contribution >= 4 is 40.1 Å². The molecule has 9 heavy (non-hydrogen) atoms. The molecule has 0 fully saturated rings. The second-order valence-electron chi connectivity index (χ2n) is 1.47. The second-order valence-corrected chi connectivity index (χ2v) is 3.17. The highest BCUT2D eigenvalue weighted by molar-refractivity contribution is 6.66. The Morgan fingerprint density at radius 2 is 2.22 bits per heavy atom. The summed E-state index contributed by atoms with van der Waals surface area (Å²) in [5, 5.41) is 2.80. The number of rotatable bonds is 0. The molecule has 0 aromatic carbocycles. The zero-order valence-electron chi connectivity index (χ0n) is 4.24. The van der Waals surface area contributed by atoms with Crippen molar-refractivity contribution in [3.63, 3.8) is 0 Å². The standard InChI is InChI=1S/C4H3Cl3N2/c5-3-8-2-1-4(6,7)9-3/h1-2H,(H,8,9). The molecule has 50 valence electrons. The number of nitrogens with zero attached hydrogens (tertiary/aromatic N) is 1. The van der Waals surface area contributed by atoms with Gasteiger partial charge in [-0.15, -0.1) is 0 Å². The Bertz CT molecular complexity index is 173. The molecular weight excluding hydrogens is 182 g/mol. The molecule has 0 saturated heterocycles.